The Morgan fingerprint density at radius 1 is 1.07 bits per heavy atom. The summed E-state index contributed by atoms with van der Waals surface area (Å²) in [6.45, 7) is 0. The van der Waals surface area contributed by atoms with Gasteiger partial charge in [-0.25, -0.2) is 9.59 Å². The summed E-state index contributed by atoms with van der Waals surface area (Å²) < 4.78 is 5.07. The van der Waals surface area contributed by atoms with Crippen LogP contribution < -0.4 is 0 Å². The van der Waals surface area contributed by atoms with E-state index in [2.05, 4.69) is 11.9 Å². The molecule has 10 heteroatoms. The minimum atomic E-state index is -2.27. The maximum absolute atomic E-state index is 12.3. The second-order valence-electron chi connectivity index (χ2n) is 7.47. The number of ether oxygens (including phenoxy) is 1. The fourth-order valence-corrected chi connectivity index (χ4v) is 4.37. The third kappa shape index (κ3) is 5.28. The Morgan fingerprint density at radius 3 is 2.07 bits per heavy atom. The van der Waals surface area contributed by atoms with E-state index < -0.39 is 24.1 Å². The number of fused-ring (bicyclic) bond motifs is 2. The average molecular weight is 444 g/mol. The van der Waals surface area contributed by atoms with E-state index >= 15 is 0 Å². The first-order chi connectivity index (χ1) is 14.1. The number of methoxy groups -OCH3 is 1. The Hall–Kier alpha value is -2.20. The number of halogens is 1. The first-order valence-electron chi connectivity index (χ1n) is 9.45. The Labute approximate surface area is 178 Å². The molecule has 0 spiro atoms. The molecule has 6 atom stereocenters. The molecule has 166 valence electrons. The van der Waals surface area contributed by atoms with Crippen LogP contribution in [-0.4, -0.2) is 81.7 Å². The van der Waals surface area contributed by atoms with Gasteiger partial charge in [0.25, 0.3) is 0 Å². The molecule has 1 aromatic carbocycles. The van der Waals surface area contributed by atoms with Gasteiger partial charge >= 0.3 is 17.9 Å². The summed E-state index contributed by atoms with van der Waals surface area (Å²) in [6, 6.07) is 8.81. The third-order valence-corrected chi connectivity index (χ3v) is 6.10. The quantitative estimate of drug-likeness (QED) is 0.489. The number of carboxylic acid groups (broad SMARTS) is 2. The van der Waals surface area contributed by atoms with Gasteiger partial charge in [0.2, 0.25) is 0 Å². The second kappa shape index (κ2) is 10.2. The van der Waals surface area contributed by atoms with Crippen LogP contribution in [0, 0.1) is 5.92 Å². The van der Waals surface area contributed by atoms with Crippen LogP contribution in [0.25, 0.3) is 0 Å². The molecule has 4 N–H and O–H groups in total. The summed E-state index contributed by atoms with van der Waals surface area (Å²) in [5.74, 6) is -3.44. The van der Waals surface area contributed by atoms with Gasteiger partial charge in [0, 0.05) is 23.0 Å². The number of esters is 1. The molecule has 9 nitrogen and oxygen atoms in total. The molecule has 2 heterocycles. The lowest BCUT2D eigenvalue weighted by molar-refractivity contribution is -0.165. The molecule has 30 heavy (non-hydrogen) atoms. The fourth-order valence-electron chi connectivity index (χ4n) is 4.25. The van der Waals surface area contributed by atoms with E-state index in [9.17, 15) is 14.4 Å². The third-order valence-electron chi connectivity index (χ3n) is 5.85. The predicted molar refractivity (Wildman–Crippen MR) is 106 cm³/mol. The normalized spacial score (nSPS) is 27.4. The molecule has 3 rings (SSSR count). The topological polar surface area (TPSA) is 145 Å². The van der Waals surface area contributed by atoms with Crippen molar-refractivity contribution in [3.63, 3.8) is 0 Å². The van der Waals surface area contributed by atoms with Crippen molar-refractivity contribution in [3.8, 4) is 0 Å². The van der Waals surface area contributed by atoms with Crippen molar-refractivity contribution in [2.24, 2.45) is 5.92 Å². The summed E-state index contributed by atoms with van der Waals surface area (Å²) in [7, 11) is 3.62. The lowest BCUT2D eigenvalue weighted by Gasteiger charge is -2.41. The molecule has 0 radical (unpaired) electrons. The summed E-state index contributed by atoms with van der Waals surface area (Å²) in [4.78, 5) is 34.2. The highest BCUT2D eigenvalue weighted by Crippen LogP contribution is 2.46. The lowest BCUT2D eigenvalue weighted by Crippen LogP contribution is -2.49. The Kier molecular flexibility index (Phi) is 8.19. The number of nitrogens with zero attached hydrogens (tertiary/aromatic N) is 1. The van der Waals surface area contributed by atoms with Crippen molar-refractivity contribution >= 4 is 29.5 Å². The smallest absolute Gasteiger partial charge is 0.335 e. The molecule has 0 aromatic heterocycles. The number of piperidine rings is 1. The minimum absolute atomic E-state index is 0.0649. The van der Waals surface area contributed by atoms with Crippen molar-refractivity contribution in [3.05, 3.63) is 34.9 Å². The second-order valence-corrected chi connectivity index (χ2v) is 7.91. The van der Waals surface area contributed by atoms with Crippen molar-refractivity contribution < 1.29 is 39.5 Å². The lowest BCUT2D eigenvalue weighted by atomic mass is 9.76. The van der Waals surface area contributed by atoms with E-state index in [1.54, 1.807) is 0 Å². The van der Waals surface area contributed by atoms with Gasteiger partial charge in [-0.05, 0) is 44.0 Å². The van der Waals surface area contributed by atoms with E-state index in [1.165, 1.54) is 19.1 Å². The summed E-state index contributed by atoms with van der Waals surface area (Å²) >= 11 is 5.97. The first kappa shape index (κ1) is 24.1. The Balaban J connectivity index is 0.000000274. The zero-order chi connectivity index (χ0) is 22.6. The molecular weight excluding hydrogens is 418 g/mol. The number of aliphatic hydroxyl groups is 2. The zero-order valence-corrected chi connectivity index (χ0v) is 17.4. The van der Waals surface area contributed by atoms with Crippen molar-refractivity contribution in [2.45, 2.75) is 49.5 Å². The van der Waals surface area contributed by atoms with Gasteiger partial charge in [-0.2, -0.15) is 0 Å². The molecule has 0 aliphatic carbocycles. The molecule has 0 amide bonds. The maximum atomic E-state index is 12.3. The van der Waals surface area contributed by atoms with Crippen LogP contribution in [0.1, 0.15) is 30.7 Å². The Bertz CT molecular complexity index is 753. The highest BCUT2D eigenvalue weighted by molar-refractivity contribution is 6.30. The van der Waals surface area contributed by atoms with Crippen LogP contribution in [0.5, 0.6) is 0 Å². The van der Waals surface area contributed by atoms with Crippen molar-refractivity contribution in [1.82, 2.24) is 4.90 Å². The molecule has 2 saturated heterocycles. The van der Waals surface area contributed by atoms with Crippen LogP contribution in [0.3, 0.4) is 0 Å². The van der Waals surface area contributed by atoms with Gasteiger partial charge < -0.3 is 25.2 Å². The molecular formula is C20H26ClNO8. The van der Waals surface area contributed by atoms with Crippen LogP contribution in [0.2, 0.25) is 5.02 Å². The molecule has 2 fully saturated rings. The first-order valence-corrected chi connectivity index (χ1v) is 9.83. The number of hydrogen-bond acceptors (Lipinski definition) is 7. The number of hydrogen-bond donors (Lipinski definition) is 4. The molecule has 0 saturated carbocycles. The number of aliphatic hydroxyl groups excluding tert-OH is 2. The number of aliphatic carboxylic acids is 2. The van der Waals surface area contributed by atoms with Gasteiger partial charge in [0.1, 0.15) is 0 Å². The van der Waals surface area contributed by atoms with Crippen molar-refractivity contribution in [1.29, 1.82) is 0 Å². The SMILES string of the molecule is COC(=O)C1C(c2ccc(Cl)cc2)CC2CCC1N2C.O=C(O)C(O)C(O)C(=O)O. The van der Waals surface area contributed by atoms with Crippen LogP contribution >= 0.6 is 11.6 Å². The standard InChI is InChI=1S/C16H20ClNO2.C4H6O6/c1-18-12-7-8-14(18)15(16(19)20-2)13(9-12)10-3-5-11(17)6-4-10;5-1(3(7)8)2(6)4(9)10/h3-6,12-15H,7-9H2,1-2H3;1-2,5-6H,(H,7,8)(H,9,10). The fraction of sp³-hybridized carbons (Fsp3) is 0.550. The summed E-state index contributed by atoms with van der Waals surface area (Å²) in [5.41, 5.74) is 1.20. The van der Waals surface area contributed by atoms with E-state index in [1.807, 2.05) is 24.3 Å². The van der Waals surface area contributed by atoms with Gasteiger partial charge in [-0.3, -0.25) is 9.69 Å². The highest BCUT2D eigenvalue weighted by atomic mass is 35.5. The van der Waals surface area contributed by atoms with E-state index in [0.717, 1.165) is 17.9 Å². The van der Waals surface area contributed by atoms with Gasteiger partial charge in [-0.1, -0.05) is 23.7 Å². The molecule has 1 aromatic rings. The van der Waals surface area contributed by atoms with Crippen LogP contribution in [0.15, 0.2) is 24.3 Å². The van der Waals surface area contributed by atoms with E-state index in [4.69, 9.17) is 36.8 Å². The van der Waals surface area contributed by atoms with Gasteiger partial charge in [0.05, 0.1) is 13.0 Å². The largest absolute Gasteiger partial charge is 0.479 e. The molecule has 2 aliphatic rings. The monoisotopic (exact) mass is 443 g/mol. The van der Waals surface area contributed by atoms with Gasteiger partial charge in [0.15, 0.2) is 12.2 Å². The van der Waals surface area contributed by atoms with Crippen LogP contribution in [0.4, 0.5) is 0 Å². The molecule has 6 unspecified atom stereocenters. The highest BCUT2D eigenvalue weighted by Gasteiger charge is 2.49. The maximum Gasteiger partial charge on any atom is 0.335 e. The van der Waals surface area contributed by atoms with Crippen LogP contribution in [-0.2, 0) is 19.1 Å². The van der Waals surface area contributed by atoms with Crippen molar-refractivity contribution in [2.75, 3.05) is 14.2 Å². The Morgan fingerprint density at radius 2 is 1.60 bits per heavy atom. The number of carbonyl (C=O) groups is 3. The summed E-state index contributed by atoms with van der Waals surface area (Å²) in [6.07, 6.45) is -1.24. The number of carboxylic acids is 2. The summed E-state index contributed by atoms with van der Waals surface area (Å²) in [5, 5.41) is 33.3. The van der Waals surface area contributed by atoms with E-state index in [0.29, 0.717) is 12.1 Å². The molecule has 2 aliphatic heterocycles. The molecule has 2 bridgehead atoms. The predicted octanol–water partition coefficient (Wildman–Crippen LogP) is 0.957. The number of rotatable bonds is 5. The van der Waals surface area contributed by atoms with E-state index in [-0.39, 0.29) is 17.8 Å². The zero-order valence-electron chi connectivity index (χ0n) is 16.6. The van der Waals surface area contributed by atoms with Gasteiger partial charge in [-0.15, -0.1) is 0 Å². The minimum Gasteiger partial charge on any atom is -0.479 e. The average Bonchev–Trinajstić information content (AvgIpc) is 2.95. The number of benzene rings is 1. The number of carbonyl (C=O) groups excluding carboxylic acids is 1.